The second-order valence-electron chi connectivity index (χ2n) is 8.96. The molecule has 1 fully saturated rings. The van der Waals surface area contributed by atoms with Crippen LogP contribution in [0.1, 0.15) is 44.5 Å². The molecule has 4 atom stereocenters. The minimum absolute atomic E-state index is 0.0728. The van der Waals surface area contributed by atoms with E-state index in [-0.39, 0.29) is 35.9 Å². The molecule has 4 unspecified atom stereocenters. The van der Waals surface area contributed by atoms with Crippen LogP contribution in [-0.4, -0.2) is 65.5 Å². The Bertz CT molecular complexity index is 982. The van der Waals surface area contributed by atoms with Gasteiger partial charge in [0.15, 0.2) is 0 Å². The van der Waals surface area contributed by atoms with Crippen molar-refractivity contribution in [1.29, 1.82) is 0 Å². The lowest BCUT2D eigenvalue weighted by atomic mass is 9.92. The lowest BCUT2D eigenvalue weighted by molar-refractivity contribution is -0.110. The number of aromatic nitrogens is 1. The van der Waals surface area contributed by atoms with Gasteiger partial charge in [0.2, 0.25) is 0 Å². The zero-order chi connectivity index (χ0) is 23.2. The van der Waals surface area contributed by atoms with Crippen molar-refractivity contribution in [2.45, 2.75) is 59.9 Å². The molecule has 3 aliphatic heterocycles. The maximum absolute atomic E-state index is 12.7. The highest BCUT2D eigenvalue weighted by molar-refractivity contribution is 6.31. The molecule has 4 rings (SSSR count). The van der Waals surface area contributed by atoms with Gasteiger partial charge in [-0.3, -0.25) is 10.1 Å². The Balaban J connectivity index is 1.50. The number of nitrogens with one attached hydrogen (secondary N) is 3. The van der Waals surface area contributed by atoms with Crippen LogP contribution in [0.5, 0.6) is 5.75 Å². The van der Waals surface area contributed by atoms with Crippen molar-refractivity contribution in [3.05, 3.63) is 34.2 Å². The normalized spacial score (nSPS) is 27.8. The van der Waals surface area contributed by atoms with E-state index in [4.69, 9.17) is 4.74 Å². The van der Waals surface area contributed by atoms with Crippen molar-refractivity contribution >= 4 is 17.3 Å². The van der Waals surface area contributed by atoms with Crippen LogP contribution in [-0.2, 0) is 9.53 Å². The summed E-state index contributed by atoms with van der Waals surface area (Å²) < 4.78 is 5.99. The van der Waals surface area contributed by atoms with Gasteiger partial charge in [0.05, 0.1) is 11.3 Å². The van der Waals surface area contributed by atoms with E-state index in [2.05, 4.69) is 53.5 Å². The Hall–Kier alpha value is -2.42. The molecule has 3 aliphatic rings. The summed E-state index contributed by atoms with van der Waals surface area (Å²) in [6, 6.07) is 0.205. The molecule has 1 aromatic heterocycles. The van der Waals surface area contributed by atoms with E-state index in [1.165, 1.54) is 5.57 Å². The van der Waals surface area contributed by atoms with Gasteiger partial charge in [-0.15, -0.1) is 0 Å². The van der Waals surface area contributed by atoms with Gasteiger partial charge < -0.3 is 25.4 Å². The van der Waals surface area contributed by atoms with E-state index in [1.54, 1.807) is 6.92 Å². The number of rotatable bonds is 8. The monoisotopic (exact) mass is 441 g/mol. The predicted octanol–water partition coefficient (Wildman–Crippen LogP) is 2.28. The van der Waals surface area contributed by atoms with Crippen LogP contribution in [0.3, 0.4) is 0 Å². The van der Waals surface area contributed by atoms with E-state index in [9.17, 15) is 9.90 Å². The van der Waals surface area contributed by atoms with Crippen LogP contribution in [0.4, 0.5) is 5.82 Å². The van der Waals surface area contributed by atoms with Gasteiger partial charge in [0, 0.05) is 41.9 Å². The fourth-order valence-corrected chi connectivity index (χ4v) is 4.99. The summed E-state index contributed by atoms with van der Waals surface area (Å²) in [5.41, 5.74) is 4.51. The molecule has 0 radical (unpaired) electrons. The zero-order valence-electron chi connectivity index (χ0n) is 19.9. The van der Waals surface area contributed by atoms with Gasteiger partial charge in [-0.25, -0.2) is 4.98 Å². The summed E-state index contributed by atoms with van der Waals surface area (Å²) >= 11 is 0. The van der Waals surface area contributed by atoms with E-state index in [0.29, 0.717) is 28.2 Å². The quantitative estimate of drug-likeness (QED) is 0.363. The van der Waals surface area contributed by atoms with Gasteiger partial charge in [-0.1, -0.05) is 13.8 Å². The van der Waals surface area contributed by atoms with Crippen LogP contribution in [0.2, 0.25) is 0 Å². The van der Waals surface area contributed by atoms with Crippen molar-refractivity contribution in [3.8, 4) is 5.75 Å². The van der Waals surface area contributed by atoms with Gasteiger partial charge in [-0.05, 0) is 52.4 Å². The van der Waals surface area contributed by atoms with E-state index >= 15 is 0 Å². The van der Waals surface area contributed by atoms with Crippen LogP contribution < -0.4 is 16.0 Å². The Labute approximate surface area is 190 Å². The minimum atomic E-state index is -0.197. The summed E-state index contributed by atoms with van der Waals surface area (Å²) in [7, 11) is 0. The molecular formula is C24H35N5O3. The van der Waals surface area contributed by atoms with Gasteiger partial charge in [0.1, 0.15) is 23.9 Å². The van der Waals surface area contributed by atoms with Crippen molar-refractivity contribution in [2.75, 3.05) is 31.5 Å². The largest absolute Gasteiger partial charge is 0.506 e. The lowest BCUT2D eigenvalue weighted by Gasteiger charge is -2.18. The second kappa shape index (κ2) is 8.84. The molecule has 0 spiro atoms. The molecule has 4 heterocycles. The van der Waals surface area contributed by atoms with E-state index in [1.807, 2.05) is 13.0 Å². The molecule has 8 nitrogen and oxygen atoms in total. The highest BCUT2D eigenvalue weighted by Crippen LogP contribution is 2.42. The first-order valence-electron chi connectivity index (χ1n) is 11.6. The van der Waals surface area contributed by atoms with Gasteiger partial charge in [0.25, 0.3) is 5.91 Å². The molecule has 0 aliphatic carbocycles. The van der Waals surface area contributed by atoms with E-state index in [0.717, 1.165) is 31.9 Å². The Morgan fingerprint density at radius 1 is 1.25 bits per heavy atom. The number of carbonyl (C=O) groups is 1. The molecule has 0 bridgehead atoms. The number of aromatic hydroxyl groups is 1. The third-order valence-electron chi connectivity index (χ3n) is 7.02. The molecule has 8 heteroatoms. The SMILES string of the molecule is CCN(CC)CCNC1OC1C1C(C)=C(/C=C2\C(=O)Nc3nc(C)c(O)c(C)c32)NC1C. The maximum Gasteiger partial charge on any atom is 0.257 e. The molecule has 32 heavy (non-hydrogen) atoms. The summed E-state index contributed by atoms with van der Waals surface area (Å²) in [5.74, 6) is 0.685. The van der Waals surface area contributed by atoms with Crippen molar-refractivity contribution in [3.63, 3.8) is 0 Å². The molecule has 0 aromatic carbocycles. The summed E-state index contributed by atoms with van der Waals surface area (Å²) in [5, 5.41) is 20.2. The number of allylic oxidation sites excluding steroid dienone is 1. The minimum Gasteiger partial charge on any atom is -0.506 e. The number of carbonyl (C=O) groups excluding carboxylic acids is 1. The first-order valence-corrected chi connectivity index (χ1v) is 11.6. The van der Waals surface area contributed by atoms with Crippen molar-refractivity contribution < 1.29 is 14.6 Å². The van der Waals surface area contributed by atoms with Crippen LogP contribution in [0.25, 0.3) is 5.57 Å². The third-order valence-corrected chi connectivity index (χ3v) is 7.02. The number of amides is 1. The van der Waals surface area contributed by atoms with Crippen LogP contribution in [0, 0.1) is 19.8 Å². The summed E-state index contributed by atoms with van der Waals surface area (Å²) in [6.07, 6.45) is 2.09. The number of fused-ring (bicyclic) bond motifs is 1. The van der Waals surface area contributed by atoms with Crippen LogP contribution >= 0.6 is 0 Å². The first kappa shape index (κ1) is 22.8. The highest BCUT2D eigenvalue weighted by Gasteiger charge is 2.49. The van der Waals surface area contributed by atoms with Crippen LogP contribution in [0.15, 0.2) is 17.3 Å². The topological polar surface area (TPSA) is 102 Å². The lowest BCUT2D eigenvalue weighted by Crippen LogP contribution is -2.35. The average Bonchev–Trinajstić information content (AvgIpc) is 3.36. The standard InChI is InChI=1S/C24H35N5O3/c1-7-29(8-2)10-9-25-24-21(32-24)18-12(3)17(26-14(18)5)11-16-19-13(4)20(30)15(6)27-22(19)28-23(16)31/h11,14,18,21,24-26,30H,7-10H2,1-6H3,(H,27,28,31)/b16-11-. The highest BCUT2D eigenvalue weighted by atomic mass is 16.6. The number of anilines is 1. The molecule has 0 saturated carbocycles. The Morgan fingerprint density at radius 2 is 1.97 bits per heavy atom. The number of epoxide rings is 1. The number of hydrogen-bond donors (Lipinski definition) is 4. The fourth-order valence-electron chi connectivity index (χ4n) is 4.99. The van der Waals surface area contributed by atoms with Gasteiger partial charge >= 0.3 is 0 Å². The number of pyridine rings is 1. The number of hydrogen-bond acceptors (Lipinski definition) is 7. The van der Waals surface area contributed by atoms with Gasteiger partial charge in [-0.2, -0.15) is 0 Å². The zero-order valence-corrected chi connectivity index (χ0v) is 19.9. The molecule has 174 valence electrons. The Kier molecular flexibility index (Phi) is 6.29. The maximum atomic E-state index is 12.7. The smallest absolute Gasteiger partial charge is 0.257 e. The fraction of sp³-hybridized carbons (Fsp3) is 0.583. The van der Waals surface area contributed by atoms with Crippen molar-refractivity contribution in [1.82, 2.24) is 20.5 Å². The predicted molar refractivity (Wildman–Crippen MR) is 125 cm³/mol. The number of ether oxygens (including phenoxy) is 1. The van der Waals surface area contributed by atoms with E-state index < -0.39 is 0 Å². The number of likely N-dealkylation sites (N-methyl/N-ethyl adjacent to an activating group) is 1. The first-order chi connectivity index (χ1) is 15.3. The number of aryl methyl sites for hydroxylation is 1. The van der Waals surface area contributed by atoms with Crippen molar-refractivity contribution in [2.24, 2.45) is 5.92 Å². The molecule has 1 aromatic rings. The molecular weight excluding hydrogens is 406 g/mol. The molecule has 4 N–H and O–H groups in total. The summed E-state index contributed by atoms with van der Waals surface area (Å²) in [4.78, 5) is 19.4. The summed E-state index contributed by atoms with van der Waals surface area (Å²) in [6.45, 7) is 16.2. The Morgan fingerprint density at radius 3 is 2.66 bits per heavy atom. The molecule has 1 amide bonds. The third kappa shape index (κ3) is 4.02. The number of nitrogens with zero attached hydrogens (tertiary/aromatic N) is 2. The molecule has 1 saturated heterocycles. The average molecular weight is 442 g/mol. The second-order valence-corrected chi connectivity index (χ2v) is 8.96.